The van der Waals surface area contributed by atoms with Gasteiger partial charge in [0.25, 0.3) is 0 Å². The van der Waals surface area contributed by atoms with E-state index in [0.29, 0.717) is 17.9 Å². The van der Waals surface area contributed by atoms with Gasteiger partial charge in [-0.3, -0.25) is 4.79 Å². The van der Waals surface area contributed by atoms with Gasteiger partial charge in [-0.1, -0.05) is 54.1 Å². The molecule has 0 spiro atoms. The number of aliphatic hydroxyl groups excluding tert-OH is 1. The summed E-state index contributed by atoms with van der Waals surface area (Å²) in [7, 11) is 0. The highest BCUT2D eigenvalue weighted by Crippen LogP contribution is 2.37. The Balaban J connectivity index is 1.36. The lowest BCUT2D eigenvalue weighted by Crippen LogP contribution is -2.15. The first-order valence-electron chi connectivity index (χ1n) is 10.8. The first kappa shape index (κ1) is 22.7. The van der Waals surface area contributed by atoms with Crippen LogP contribution in [0.4, 0.5) is 0 Å². The number of aryl methyl sites for hydroxylation is 1. The van der Waals surface area contributed by atoms with Gasteiger partial charge in [0.1, 0.15) is 5.78 Å². The highest BCUT2D eigenvalue weighted by Gasteiger charge is 2.32. The number of carbonyl (C=O) groups is 2. The summed E-state index contributed by atoms with van der Waals surface area (Å²) in [5, 5.41) is 21.3. The minimum Gasteiger partial charge on any atom is -0.478 e. The Morgan fingerprint density at radius 1 is 1.19 bits per heavy atom. The molecule has 1 fully saturated rings. The van der Waals surface area contributed by atoms with Gasteiger partial charge in [0.15, 0.2) is 0 Å². The predicted octanol–water partition coefficient (Wildman–Crippen LogP) is 5.94. The fourth-order valence-electron chi connectivity index (χ4n) is 4.40. The van der Waals surface area contributed by atoms with Crippen molar-refractivity contribution in [2.24, 2.45) is 11.8 Å². The molecule has 1 saturated carbocycles. The molecule has 0 bridgehead atoms. The molecule has 3 unspecified atom stereocenters. The number of hydrogen-bond donors (Lipinski definition) is 2. The van der Waals surface area contributed by atoms with Gasteiger partial charge in [0.2, 0.25) is 0 Å². The molecule has 0 aliphatic heterocycles. The Morgan fingerprint density at radius 2 is 1.94 bits per heavy atom. The van der Waals surface area contributed by atoms with Crippen LogP contribution in [0.1, 0.15) is 40.1 Å². The summed E-state index contributed by atoms with van der Waals surface area (Å²) < 4.78 is 1.11. The number of fused-ring (bicyclic) bond motifs is 1. The van der Waals surface area contributed by atoms with E-state index in [9.17, 15) is 14.7 Å². The number of hydrogen-bond acceptors (Lipinski definition) is 4. The smallest absolute Gasteiger partial charge is 0.335 e. The number of carboxylic acids is 1. The predicted molar refractivity (Wildman–Crippen MR) is 129 cm³/mol. The molecule has 166 valence electrons. The average molecular weight is 469 g/mol. The Labute approximate surface area is 196 Å². The molecule has 32 heavy (non-hydrogen) atoms. The first-order chi connectivity index (χ1) is 15.4. The van der Waals surface area contributed by atoms with Crippen molar-refractivity contribution in [3.63, 3.8) is 0 Å². The van der Waals surface area contributed by atoms with Crippen LogP contribution in [0.3, 0.4) is 0 Å². The zero-order valence-corrected chi connectivity index (χ0v) is 19.1. The molecule has 1 aromatic heterocycles. The van der Waals surface area contributed by atoms with E-state index < -0.39 is 12.1 Å². The van der Waals surface area contributed by atoms with Crippen molar-refractivity contribution in [2.75, 3.05) is 0 Å². The van der Waals surface area contributed by atoms with E-state index in [0.717, 1.165) is 39.8 Å². The van der Waals surface area contributed by atoms with Gasteiger partial charge in [-0.25, -0.2) is 4.79 Å². The van der Waals surface area contributed by atoms with Crippen molar-refractivity contribution >= 4 is 44.8 Å². The lowest BCUT2D eigenvalue weighted by atomic mass is 9.88. The standard InChI is InChI=1S/C26H25ClO4S/c27-25-21-3-1-2-4-23(21)32-24(25)15-19(28)12-10-17-11-14-22(29)20(17)13-7-16-5-8-18(9-6-16)26(30)31/h1-6,8-10,12,17,19-20,28H,7,11,13-15H2,(H,30,31)/b12-10+. The van der Waals surface area contributed by atoms with Crippen molar-refractivity contribution in [1.29, 1.82) is 0 Å². The number of carboxylic acid groups (broad SMARTS) is 1. The van der Waals surface area contributed by atoms with E-state index in [2.05, 4.69) is 0 Å². The van der Waals surface area contributed by atoms with Crippen LogP contribution in [0.15, 0.2) is 60.7 Å². The van der Waals surface area contributed by atoms with Crippen molar-refractivity contribution in [2.45, 2.75) is 38.2 Å². The summed E-state index contributed by atoms with van der Waals surface area (Å²) in [5.74, 6) is -0.620. The fourth-order valence-corrected chi connectivity index (χ4v) is 5.96. The van der Waals surface area contributed by atoms with E-state index in [-0.39, 0.29) is 23.2 Å². The Kier molecular flexibility index (Phi) is 7.09. The number of halogens is 1. The number of rotatable bonds is 8. The zero-order chi connectivity index (χ0) is 22.7. The van der Waals surface area contributed by atoms with Crippen LogP contribution in [-0.4, -0.2) is 28.1 Å². The Hall–Kier alpha value is -2.47. The Bertz CT molecular complexity index is 1150. The summed E-state index contributed by atoms with van der Waals surface area (Å²) >= 11 is 8.10. The maximum absolute atomic E-state index is 12.4. The van der Waals surface area contributed by atoms with Crippen molar-refractivity contribution in [1.82, 2.24) is 0 Å². The molecule has 2 aromatic carbocycles. The number of allylic oxidation sites excluding steroid dienone is 1. The van der Waals surface area contributed by atoms with Crippen molar-refractivity contribution in [3.05, 3.63) is 81.7 Å². The molecule has 0 amide bonds. The highest BCUT2D eigenvalue weighted by molar-refractivity contribution is 7.19. The number of carbonyl (C=O) groups excluding carboxylic acids is 1. The van der Waals surface area contributed by atoms with Gasteiger partial charge in [-0.05, 0) is 48.9 Å². The van der Waals surface area contributed by atoms with Gasteiger partial charge < -0.3 is 10.2 Å². The van der Waals surface area contributed by atoms with Gasteiger partial charge in [-0.2, -0.15) is 0 Å². The molecule has 1 heterocycles. The van der Waals surface area contributed by atoms with E-state index in [1.54, 1.807) is 29.5 Å². The average Bonchev–Trinajstić information content (AvgIpc) is 3.30. The molecule has 3 atom stereocenters. The lowest BCUT2D eigenvalue weighted by molar-refractivity contribution is -0.121. The molecule has 1 aliphatic carbocycles. The maximum atomic E-state index is 12.4. The quantitative estimate of drug-likeness (QED) is 0.401. The monoisotopic (exact) mass is 468 g/mol. The minimum absolute atomic E-state index is 0.0643. The molecular formula is C26H25ClO4S. The summed E-state index contributed by atoms with van der Waals surface area (Å²) in [6.45, 7) is 0. The van der Waals surface area contributed by atoms with Crippen molar-refractivity contribution in [3.8, 4) is 0 Å². The van der Waals surface area contributed by atoms with Crippen LogP contribution < -0.4 is 0 Å². The van der Waals surface area contributed by atoms with Crippen molar-refractivity contribution < 1.29 is 19.8 Å². The molecule has 0 radical (unpaired) electrons. The largest absolute Gasteiger partial charge is 0.478 e. The number of aliphatic hydroxyl groups is 1. The number of aromatic carboxylic acids is 1. The second kappa shape index (κ2) is 9.99. The molecule has 6 heteroatoms. The van der Waals surface area contributed by atoms with Crippen LogP contribution in [-0.2, 0) is 17.6 Å². The summed E-state index contributed by atoms with van der Waals surface area (Å²) in [4.78, 5) is 24.4. The molecule has 1 aliphatic rings. The third-order valence-electron chi connectivity index (χ3n) is 6.18. The third kappa shape index (κ3) is 5.12. The number of thiophene rings is 1. The van der Waals surface area contributed by atoms with Crippen LogP contribution in [0.5, 0.6) is 0 Å². The third-order valence-corrected chi connectivity index (χ3v) is 7.91. The molecule has 4 nitrogen and oxygen atoms in total. The molecule has 2 N–H and O–H groups in total. The maximum Gasteiger partial charge on any atom is 0.335 e. The molecule has 3 aromatic rings. The van der Waals surface area contributed by atoms with Crippen LogP contribution in [0.2, 0.25) is 5.02 Å². The highest BCUT2D eigenvalue weighted by atomic mass is 35.5. The molecular weight excluding hydrogens is 444 g/mol. The minimum atomic E-state index is -0.941. The van der Waals surface area contributed by atoms with Gasteiger partial charge in [0, 0.05) is 33.7 Å². The first-order valence-corrected chi connectivity index (χ1v) is 12.0. The van der Waals surface area contributed by atoms with Crippen LogP contribution in [0, 0.1) is 11.8 Å². The summed E-state index contributed by atoms with van der Waals surface area (Å²) in [6, 6.07) is 14.8. The topological polar surface area (TPSA) is 74.6 Å². The zero-order valence-electron chi connectivity index (χ0n) is 17.5. The van der Waals surface area contributed by atoms with E-state index in [4.69, 9.17) is 16.7 Å². The van der Waals surface area contributed by atoms with E-state index >= 15 is 0 Å². The summed E-state index contributed by atoms with van der Waals surface area (Å²) in [6.07, 6.45) is 6.41. The lowest BCUT2D eigenvalue weighted by Gasteiger charge is -2.16. The van der Waals surface area contributed by atoms with Gasteiger partial charge in [0.05, 0.1) is 16.7 Å². The number of Topliss-reactive ketones (excluding diaryl/α,β-unsaturated/α-hetero) is 1. The van der Waals surface area contributed by atoms with Gasteiger partial charge >= 0.3 is 5.97 Å². The SMILES string of the molecule is O=C(O)c1ccc(CCC2C(=O)CCC2/C=C/C(O)Cc2sc3ccccc3c2Cl)cc1. The normalized spacial score (nSPS) is 19.8. The van der Waals surface area contributed by atoms with Crippen LogP contribution in [0.25, 0.3) is 10.1 Å². The fraction of sp³-hybridized carbons (Fsp3) is 0.308. The van der Waals surface area contributed by atoms with E-state index in [1.807, 2.05) is 42.5 Å². The number of benzene rings is 2. The number of ketones is 1. The second-order valence-corrected chi connectivity index (χ2v) is 9.82. The molecule has 4 rings (SSSR count). The van der Waals surface area contributed by atoms with Crippen LogP contribution >= 0.6 is 22.9 Å². The Morgan fingerprint density at radius 3 is 2.66 bits per heavy atom. The second-order valence-electron chi connectivity index (χ2n) is 8.31. The summed E-state index contributed by atoms with van der Waals surface area (Å²) in [5.41, 5.74) is 1.29. The van der Waals surface area contributed by atoms with Gasteiger partial charge in [-0.15, -0.1) is 11.3 Å². The molecule has 0 saturated heterocycles. The van der Waals surface area contributed by atoms with E-state index in [1.165, 1.54) is 0 Å².